The van der Waals surface area contributed by atoms with E-state index in [1.807, 2.05) is 7.05 Å². The quantitative estimate of drug-likeness (QED) is 0.885. The fourth-order valence-corrected chi connectivity index (χ4v) is 3.33. The van der Waals surface area contributed by atoms with Crippen LogP contribution in [0.5, 0.6) is 0 Å². The average molecular weight is 325 g/mol. The Morgan fingerprint density at radius 3 is 2.46 bits per heavy atom. The SMILES string of the molecule is CCCc1c(NC)ncnc1N1CCN(Cc2ccccc2)CC1. The minimum Gasteiger partial charge on any atom is -0.373 e. The van der Waals surface area contributed by atoms with Crippen LogP contribution < -0.4 is 10.2 Å². The normalized spacial score (nSPS) is 15.5. The average Bonchev–Trinajstić information content (AvgIpc) is 2.64. The minimum atomic E-state index is 0.966. The van der Waals surface area contributed by atoms with Gasteiger partial charge in [0, 0.05) is 45.3 Å². The highest BCUT2D eigenvalue weighted by molar-refractivity contribution is 5.58. The molecule has 0 amide bonds. The molecule has 1 aromatic carbocycles. The van der Waals surface area contributed by atoms with E-state index in [0.717, 1.165) is 57.2 Å². The highest BCUT2D eigenvalue weighted by Crippen LogP contribution is 2.25. The maximum Gasteiger partial charge on any atom is 0.137 e. The lowest BCUT2D eigenvalue weighted by Crippen LogP contribution is -2.46. The highest BCUT2D eigenvalue weighted by atomic mass is 15.3. The zero-order valence-corrected chi connectivity index (χ0v) is 14.7. The summed E-state index contributed by atoms with van der Waals surface area (Å²) in [5.74, 6) is 2.07. The first-order chi connectivity index (χ1) is 11.8. The molecule has 5 nitrogen and oxygen atoms in total. The number of benzene rings is 1. The van der Waals surface area contributed by atoms with Crippen LogP contribution in [0, 0.1) is 0 Å². The molecule has 0 atom stereocenters. The van der Waals surface area contributed by atoms with Gasteiger partial charge in [0.1, 0.15) is 18.0 Å². The van der Waals surface area contributed by atoms with Crippen LogP contribution in [0.25, 0.3) is 0 Å². The van der Waals surface area contributed by atoms with Gasteiger partial charge in [-0.3, -0.25) is 4.90 Å². The molecule has 1 aliphatic rings. The summed E-state index contributed by atoms with van der Waals surface area (Å²) in [5.41, 5.74) is 2.64. The monoisotopic (exact) mass is 325 g/mol. The molecule has 2 heterocycles. The van der Waals surface area contributed by atoms with Gasteiger partial charge in [-0.05, 0) is 12.0 Å². The van der Waals surface area contributed by atoms with Gasteiger partial charge in [-0.1, -0.05) is 43.7 Å². The summed E-state index contributed by atoms with van der Waals surface area (Å²) in [7, 11) is 1.93. The maximum absolute atomic E-state index is 4.59. The highest BCUT2D eigenvalue weighted by Gasteiger charge is 2.21. The van der Waals surface area contributed by atoms with E-state index in [0.29, 0.717) is 0 Å². The Labute approximate surface area is 144 Å². The third-order valence-electron chi connectivity index (χ3n) is 4.58. The van der Waals surface area contributed by atoms with Gasteiger partial charge in [-0.25, -0.2) is 9.97 Å². The summed E-state index contributed by atoms with van der Waals surface area (Å²) in [6.07, 6.45) is 3.79. The van der Waals surface area contributed by atoms with Crippen molar-refractivity contribution in [3.63, 3.8) is 0 Å². The Balaban J connectivity index is 1.66. The van der Waals surface area contributed by atoms with Crippen molar-refractivity contribution in [3.8, 4) is 0 Å². The first kappa shape index (κ1) is 16.7. The van der Waals surface area contributed by atoms with Crippen LogP contribution in [-0.2, 0) is 13.0 Å². The van der Waals surface area contributed by atoms with E-state index in [-0.39, 0.29) is 0 Å². The molecule has 0 saturated carbocycles. The van der Waals surface area contributed by atoms with E-state index >= 15 is 0 Å². The van der Waals surface area contributed by atoms with E-state index in [1.165, 1.54) is 11.1 Å². The smallest absolute Gasteiger partial charge is 0.137 e. The number of hydrogen-bond donors (Lipinski definition) is 1. The standard InChI is InChI=1S/C19H27N5/c1-3-7-17-18(20-2)21-15-22-19(17)24-12-10-23(11-13-24)14-16-8-5-4-6-9-16/h4-6,8-9,15H,3,7,10-14H2,1-2H3,(H,20,21,22). The van der Waals surface area contributed by atoms with E-state index in [2.05, 4.69) is 62.3 Å². The zero-order valence-electron chi connectivity index (χ0n) is 14.7. The molecular formula is C19H27N5. The molecule has 1 aromatic heterocycles. The first-order valence-corrected chi connectivity index (χ1v) is 8.84. The van der Waals surface area contributed by atoms with Crippen LogP contribution in [0.2, 0.25) is 0 Å². The van der Waals surface area contributed by atoms with Crippen molar-refractivity contribution in [1.29, 1.82) is 0 Å². The molecule has 0 aliphatic carbocycles. The second-order valence-corrected chi connectivity index (χ2v) is 6.27. The third kappa shape index (κ3) is 3.85. The van der Waals surface area contributed by atoms with Crippen LogP contribution in [-0.4, -0.2) is 48.1 Å². The Morgan fingerprint density at radius 2 is 1.79 bits per heavy atom. The first-order valence-electron chi connectivity index (χ1n) is 8.84. The lowest BCUT2D eigenvalue weighted by Gasteiger charge is -2.36. The summed E-state index contributed by atoms with van der Waals surface area (Å²) in [5, 5.41) is 3.21. The summed E-state index contributed by atoms with van der Waals surface area (Å²) in [6, 6.07) is 10.7. The van der Waals surface area contributed by atoms with Crippen molar-refractivity contribution in [2.45, 2.75) is 26.3 Å². The molecule has 3 rings (SSSR count). The number of hydrogen-bond acceptors (Lipinski definition) is 5. The lowest BCUT2D eigenvalue weighted by atomic mass is 10.1. The van der Waals surface area contributed by atoms with Gasteiger partial charge in [0.15, 0.2) is 0 Å². The topological polar surface area (TPSA) is 44.3 Å². The molecule has 5 heteroatoms. The molecule has 2 aromatic rings. The van der Waals surface area contributed by atoms with Crippen LogP contribution in [0.4, 0.5) is 11.6 Å². The zero-order chi connectivity index (χ0) is 16.8. The van der Waals surface area contributed by atoms with E-state index in [1.54, 1.807) is 6.33 Å². The summed E-state index contributed by atoms with van der Waals surface area (Å²) >= 11 is 0. The molecule has 0 radical (unpaired) electrons. The molecule has 0 unspecified atom stereocenters. The van der Waals surface area contributed by atoms with Crippen LogP contribution in [0.1, 0.15) is 24.5 Å². The molecule has 24 heavy (non-hydrogen) atoms. The minimum absolute atomic E-state index is 0.966. The Morgan fingerprint density at radius 1 is 1.04 bits per heavy atom. The Hall–Kier alpha value is -2.14. The van der Waals surface area contributed by atoms with Gasteiger partial charge in [0.2, 0.25) is 0 Å². The van der Waals surface area contributed by atoms with E-state index in [9.17, 15) is 0 Å². The van der Waals surface area contributed by atoms with Gasteiger partial charge >= 0.3 is 0 Å². The molecule has 0 spiro atoms. The number of nitrogens with zero attached hydrogens (tertiary/aromatic N) is 4. The maximum atomic E-state index is 4.59. The van der Waals surface area contributed by atoms with E-state index in [4.69, 9.17) is 0 Å². The number of anilines is 2. The van der Waals surface area contributed by atoms with E-state index < -0.39 is 0 Å². The van der Waals surface area contributed by atoms with Crippen molar-refractivity contribution < 1.29 is 0 Å². The molecule has 1 fully saturated rings. The summed E-state index contributed by atoms with van der Waals surface area (Å²) < 4.78 is 0. The molecular weight excluding hydrogens is 298 g/mol. The molecule has 0 bridgehead atoms. The van der Waals surface area contributed by atoms with Gasteiger partial charge in [-0.2, -0.15) is 0 Å². The molecule has 128 valence electrons. The number of rotatable bonds is 6. The van der Waals surface area contributed by atoms with Crippen LogP contribution in [0.3, 0.4) is 0 Å². The molecule has 1 N–H and O–H groups in total. The molecule has 1 saturated heterocycles. The van der Waals surface area contributed by atoms with Gasteiger partial charge in [0.05, 0.1) is 0 Å². The number of nitrogens with one attached hydrogen (secondary N) is 1. The lowest BCUT2D eigenvalue weighted by molar-refractivity contribution is 0.249. The number of aromatic nitrogens is 2. The largest absolute Gasteiger partial charge is 0.373 e. The van der Waals surface area contributed by atoms with Gasteiger partial charge in [0.25, 0.3) is 0 Å². The second-order valence-electron chi connectivity index (χ2n) is 6.27. The van der Waals surface area contributed by atoms with Crippen LogP contribution >= 0.6 is 0 Å². The van der Waals surface area contributed by atoms with Gasteiger partial charge in [-0.15, -0.1) is 0 Å². The predicted octanol–water partition coefficient (Wildman–Crippen LogP) is 2.79. The van der Waals surface area contributed by atoms with Crippen molar-refractivity contribution in [3.05, 3.63) is 47.8 Å². The van der Waals surface area contributed by atoms with Gasteiger partial charge < -0.3 is 10.2 Å². The Kier molecular flexibility index (Phi) is 5.64. The third-order valence-corrected chi connectivity index (χ3v) is 4.58. The predicted molar refractivity (Wildman–Crippen MR) is 99.5 cm³/mol. The van der Waals surface area contributed by atoms with Crippen molar-refractivity contribution in [1.82, 2.24) is 14.9 Å². The van der Waals surface area contributed by atoms with Crippen molar-refractivity contribution >= 4 is 11.6 Å². The second kappa shape index (κ2) is 8.11. The summed E-state index contributed by atoms with van der Waals surface area (Å²) in [4.78, 5) is 13.9. The van der Waals surface area contributed by atoms with Crippen molar-refractivity contribution in [2.24, 2.45) is 0 Å². The summed E-state index contributed by atoms with van der Waals surface area (Å²) in [6.45, 7) is 7.40. The van der Waals surface area contributed by atoms with Crippen LogP contribution in [0.15, 0.2) is 36.7 Å². The number of piperazine rings is 1. The fraction of sp³-hybridized carbons (Fsp3) is 0.474. The Bertz CT molecular complexity index is 635. The fourth-order valence-electron chi connectivity index (χ4n) is 3.33. The van der Waals surface area contributed by atoms with Crippen molar-refractivity contribution in [2.75, 3.05) is 43.4 Å². The molecule has 1 aliphatic heterocycles.